The van der Waals surface area contributed by atoms with Gasteiger partial charge in [-0.1, -0.05) is 62.6 Å². The summed E-state index contributed by atoms with van der Waals surface area (Å²) in [6, 6.07) is 30.1. The molecular formula is C43H38O6. The lowest BCUT2D eigenvalue weighted by molar-refractivity contribution is 0.0727. The van der Waals surface area contributed by atoms with Crippen LogP contribution in [0.3, 0.4) is 0 Å². The van der Waals surface area contributed by atoms with Crippen LogP contribution in [-0.4, -0.2) is 19.0 Å². The van der Waals surface area contributed by atoms with Gasteiger partial charge in [0.15, 0.2) is 11.5 Å². The number of fused-ring (bicyclic) bond motifs is 8. The molecule has 1 aromatic heterocycles. The topological polar surface area (TPSA) is 75.0 Å². The molecule has 6 nitrogen and oxygen atoms in total. The number of methoxy groups -OCH3 is 1. The van der Waals surface area contributed by atoms with Crippen molar-refractivity contribution in [1.29, 1.82) is 0 Å². The summed E-state index contributed by atoms with van der Waals surface area (Å²) in [6.45, 7) is 6.26. The molecule has 0 N–H and O–H groups in total. The van der Waals surface area contributed by atoms with E-state index in [-0.39, 0.29) is 0 Å². The second-order valence-electron chi connectivity index (χ2n) is 12.6. The van der Waals surface area contributed by atoms with Gasteiger partial charge in [-0.25, -0.2) is 9.59 Å². The lowest BCUT2D eigenvalue weighted by Gasteiger charge is -2.14. The van der Waals surface area contributed by atoms with Crippen molar-refractivity contribution in [3.8, 4) is 17.2 Å². The number of hydrogen-bond acceptors (Lipinski definition) is 6. The quantitative estimate of drug-likeness (QED) is 0.0635. The normalized spacial score (nSPS) is 11.4. The molecule has 0 saturated carbocycles. The molecule has 0 saturated heterocycles. The third-order valence-corrected chi connectivity index (χ3v) is 9.32. The van der Waals surface area contributed by atoms with Crippen molar-refractivity contribution < 1.29 is 28.2 Å². The Morgan fingerprint density at radius 1 is 0.633 bits per heavy atom. The molecule has 0 aliphatic carbocycles. The Morgan fingerprint density at radius 3 is 2.02 bits per heavy atom. The first kappa shape index (κ1) is 32.0. The van der Waals surface area contributed by atoms with Crippen molar-refractivity contribution in [2.24, 2.45) is 0 Å². The fourth-order valence-electron chi connectivity index (χ4n) is 6.77. The largest absolute Gasteiger partial charge is 0.493 e. The zero-order chi connectivity index (χ0) is 34.1. The minimum atomic E-state index is -0.564. The number of rotatable bonds is 10. The molecule has 0 spiro atoms. The molecule has 246 valence electrons. The van der Waals surface area contributed by atoms with Gasteiger partial charge in [-0.05, 0) is 125 Å². The van der Waals surface area contributed by atoms with Crippen LogP contribution in [0.25, 0.3) is 43.3 Å². The summed E-state index contributed by atoms with van der Waals surface area (Å²) in [5, 5.41) is 7.25. The van der Waals surface area contributed by atoms with Crippen LogP contribution in [0.2, 0.25) is 0 Å². The molecule has 0 bridgehead atoms. The molecule has 6 heteroatoms. The van der Waals surface area contributed by atoms with Crippen molar-refractivity contribution >= 4 is 55.2 Å². The van der Waals surface area contributed by atoms with E-state index in [9.17, 15) is 9.59 Å². The Hall–Kier alpha value is -5.62. The second kappa shape index (κ2) is 13.5. The highest BCUT2D eigenvalue weighted by Crippen LogP contribution is 2.46. The minimum Gasteiger partial charge on any atom is -0.493 e. The summed E-state index contributed by atoms with van der Waals surface area (Å²) < 4.78 is 23.6. The van der Waals surface area contributed by atoms with Crippen LogP contribution in [0.15, 0.2) is 101 Å². The highest BCUT2D eigenvalue weighted by Gasteiger charge is 2.22. The van der Waals surface area contributed by atoms with E-state index in [0.29, 0.717) is 28.4 Å². The maximum atomic E-state index is 13.4. The molecule has 7 rings (SSSR count). The molecule has 1 heterocycles. The number of unbranched alkanes of at least 4 members (excludes halogenated alkanes) is 3. The number of carbonyl (C=O) groups excluding carboxylic acids is 2. The Labute approximate surface area is 285 Å². The third kappa shape index (κ3) is 6.11. The van der Waals surface area contributed by atoms with E-state index in [1.807, 2.05) is 49.4 Å². The summed E-state index contributed by atoms with van der Waals surface area (Å²) in [6.07, 6.45) is 5.79. The summed E-state index contributed by atoms with van der Waals surface area (Å²) >= 11 is 0. The Bertz CT molecular complexity index is 2350. The highest BCUT2D eigenvalue weighted by molar-refractivity contribution is 6.34. The predicted octanol–water partition coefficient (Wildman–Crippen LogP) is 11.1. The number of benzene rings is 5. The van der Waals surface area contributed by atoms with E-state index in [2.05, 4.69) is 32.0 Å². The predicted molar refractivity (Wildman–Crippen MR) is 195 cm³/mol. The van der Waals surface area contributed by atoms with E-state index in [1.165, 1.54) is 30.4 Å². The first-order valence-corrected chi connectivity index (χ1v) is 16.8. The number of esters is 2. The van der Waals surface area contributed by atoms with E-state index in [0.717, 1.165) is 61.9 Å². The van der Waals surface area contributed by atoms with Crippen molar-refractivity contribution in [3.63, 3.8) is 0 Å². The van der Waals surface area contributed by atoms with Crippen LogP contribution >= 0.6 is 0 Å². The fraction of sp³-hybridized carbons (Fsp3) is 0.209. The van der Waals surface area contributed by atoms with Gasteiger partial charge in [-0.3, -0.25) is 0 Å². The average Bonchev–Trinajstić information content (AvgIpc) is 3.42. The van der Waals surface area contributed by atoms with Crippen molar-refractivity contribution in [2.45, 2.75) is 52.9 Å². The molecule has 7 aromatic rings. The molecule has 0 unspecified atom stereocenters. The lowest BCUT2D eigenvalue weighted by atomic mass is 9.98. The van der Waals surface area contributed by atoms with Gasteiger partial charge in [-0.2, -0.15) is 0 Å². The molecule has 0 fully saturated rings. The minimum absolute atomic E-state index is 0.292. The van der Waals surface area contributed by atoms with Crippen LogP contribution in [0, 0.1) is 13.8 Å². The molecule has 0 aliphatic heterocycles. The van der Waals surface area contributed by atoms with Gasteiger partial charge in [0, 0.05) is 10.8 Å². The van der Waals surface area contributed by atoms with Gasteiger partial charge < -0.3 is 18.6 Å². The standard InChI is InChI=1S/C43H38O6/c1-5-6-7-8-11-28-15-17-29(18-16-28)42(44)48-31-21-19-30(20-22-31)43(45)49-38-24-35-36(25-37(38)46-4)41-34(23-14-26(2)47-41)39-27(3)32-12-9-10-13-33(32)40(35)39/h9-10,12-25H,5-8,11H2,1-4H3. The number of ether oxygens (including phenoxy) is 3. The van der Waals surface area contributed by atoms with E-state index < -0.39 is 11.9 Å². The second-order valence-corrected chi connectivity index (χ2v) is 12.6. The Morgan fingerprint density at radius 2 is 1.31 bits per heavy atom. The Kier molecular flexibility index (Phi) is 8.79. The number of carbonyl (C=O) groups is 2. The number of hydrogen-bond donors (Lipinski definition) is 0. The van der Waals surface area contributed by atoms with Gasteiger partial charge in [0.1, 0.15) is 17.1 Å². The monoisotopic (exact) mass is 650 g/mol. The fourth-order valence-corrected chi connectivity index (χ4v) is 6.77. The van der Waals surface area contributed by atoms with Crippen LogP contribution < -0.4 is 14.2 Å². The van der Waals surface area contributed by atoms with Gasteiger partial charge >= 0.3 is 11.9 Å². The van der Waals surface area contributed by atoms with Crippen molar-refractivity contribution in [3.05, 3.63) is 125 Å². The molecule has 0 amide bonds. The van der Waals surface area contributed by atoms with Crippen LogP contribution in [0.5, 0.6) is 17.2 Å². The lowest BCUT2D eigenvalue weighted by Crippen LogP contribution is -2.11. The third-order valence-electron chi connectivity index (χ3n) is 9.32. The first-order chi connectivity index (χ1) is 23.9. The van der Waals surface area contributed by atoms with E-state index in [4.69, 9.17) is 18.6 Å². The summed E-state index contributed by atoms with van der Waals surface area (Å²) in [4.78, 5) is 26.3. The SMILES string of the molecule is CCCCCCc1ccc(C(=O)Oc2ccc(C(=O)Oc3cc4c(cc3OC)c3oc(C)ccc3c3c(C)c5ccccc5c43)cc2)cc1. The summed E-state index contributed by atoms with van der Waals surface area (Å²) in [7, 11) is 1.55. The molecular weight excluding hydrogens is 612 g/mol. The zero-order valence-electron chi connectivity index (χ0n) is 28.2. The van der Waals surface area contributed by atoms with Crippen molar-refractivity contribution in [1.82, 2.24) is 0 Å². The van der Waals surface area contributed by atoms with Gasteiger partial charge in [0.05, 0.1) is 18.2 Å². The van der Waals surface area contributed by atoms with Crippen LogP contribution in [0.4, 0.5) is 0 Å². The van der Waals surface area contributed by atoms with Crippen LogP contribution in [-0.2, 0) is 6.42 Å². The first-order valence-electron chi connectivity index (χ1n) is 16.8. The smallest absolute Gasteiger partial charge is 0.343 e. The van der Waals surface area contributed by atoms with Crippen molar-refractivity contribution in [2.75, 3.05) is 7.11 Å². The van der Waals surface area contributed by atoms with Gasteiger partial charge in [-0.15, -0.1) is 0 Å². The molecule has 0 atom stereocenters. The highest BCUT2D eigenvalue weighted by atomic mass is 16.6. The molecule has 6 aromatic carbocycles. The number of aryl methyl sites for hydroxylation is 3. The Balaban J connectivity index is 1.16. The van der Waals surface area contributed by atoms with Crippen LogP contribution in [0.1, 0.15) is 70.2 Å². The molecule has 49 heavy (non-hydrogen) atoms. The van der Waals surface area contributed by atoms with E-state index in [1.54, 1.807) is 43.5 Å². The summed E-state index contributed by atoms with van der Waals surface area (Å²) in [5.74, 6) is 0.802. The maximum absolute atomic E-state index is 13.4. The van der Waals surface area contributed by atoms with E-state index >= 15 is 0 Å². The average molecular weight is 651 g/mol. The summed E-state index contributed by atoms with van der Waals surface area (Å²) in [5.41, 5.74) is 3.90. The van der Waals surface area contributed by atoms with Gasteiger partial charge in [0.2, 0.25) is 0 Å². The molecule has 0 aliphatic rings. The molecule has 0 radical (unpaired) electrons. The van der Waals surface area contributed by atoms with Gasteiger partial charge in [0.25, 0.3) is 0 Å². The maximum Gasteiger partial charge on any atom is 0.343 e. The zero-order valence-corrected chi connectivity index (χ0v) is 28.2.